The standard InChI is InChI=1S/C16H36N.CH4O.BrH/c1-5-9-13-17(14-10-6-2,15-11-7-3)16-12-8-4;1-2;/h5-16H2,1-4H3;2H,1H3;1H/q+1;;/p-1. The fourth-order valence-electron chi connectivity index (χ4n) is 2.64. The lowest BCUT2D eigenvalue weighted by Gasteiger charge is -2.39. The molecular weight excluding hydrogens is 314 g/mol. The summed E-state index contributed by atoms with van der Waals surface area (Å²) in [5.74, 6) is 0. The van der Waals surface area contributed by atoms with Gasteiger partial charge in [-0.15, -0.1) is 0 Å². The van der Waals surface area contributed by atoms with E-state index in [4.69, 9.17) is 5.11 Å². The van der Waals surface area contributed by atoms with E-state index in [0.29, 0.717) is 0 Å². The van der Waals surface area contributed by atoms with Crippen molar-refractivity contribution in [3.8, 4) is 0 Å². The van der Waals surface area contributed by atoms with E-state index in [9.17, 15) is 0 Å². The molecule has 0 aromatic heterocycles. The monoisotopic (exact) mass is 353 g/mol. The molecule has 0 radical (unpaired) electrons. The number of quaternary nitrogens is 1. The smallest absolute Gasteiger partial charge is 0.0786 e. The van der Waals surface area contributed by atoms with Crippen molar-refractivity contribution >= 4 is 0 Å². The van der Waals surface area contributed by atoms with Crippen LogP contribution in [0.4, 0.5) is 0 Å². The second kappa shape index (κ2) is 19.4. The van der Waals surface area contributed by atoms with Crippen molar-refractivity contribution in [2.24, 2.45) is 0 Å². The molecule has 0 heterocycles. The fourth-order valence-corrected chi connectivity index (χ4v) is 2.64. The summed E-state index contributed by atoms with van der Waals surface area (Å²) in [6.07, 6.45) is 11.1. The van der Waals surface area contributed by atoms with Gasteiger partial charge in [-0.25, -0.2) is 0 Å². The maximum Gasteiger partial charge on any atom is 0.0786 e. The van der Waals surface area contributed by atoms with E-state index in [1.807, 2.05) is 0 Å². The van der Waals surface area contributed by atoms with Crippen LogP contribution in [0.3, 0.4) is 0 Å². The van der Waals surface area contributed by atoms with Crippen molar-refractivity contribution in [3.05, 3.63) is 0 Å². The van der Waals surface area contributed by atoms with Crippen LogP contribution in [0.1, 0.15) is 79.1 Å². The SMILES string of the molecule is CCCC[N+](CCCC)(CCCC)CCCC.CO.[Br-]. The van der Waals surface area contributed by atoms with Crippen molar-refractivity contribution in [2.75, 3.05) is 33.3 Å². The highest BCUT2D eigenvalue weighted by molar-refractivity contribution is 4.49. The predicted molar refractivity (Wildman–Crippen MR) is 87.5 cm³/mol. The first-order chi connectivity index (χ1) is 9.24. The highest BCUT2D eigenvalue weighted by atomic mass is 79.9. The number of hydrogen-bond donors (Lipinski definition) is 1. The van der Waals surface area contributed by atoms with E-state index in [1.54, 1.807) is 0 Å². The number of aliphatic hydroxyl groups excluding tert-OH is 1. The second-order valence-corrected chi connectivity index (χ2v) is 5.65. The zero-order chi connectivity index (χ0) is 15.0. The molecule has 0 saturated heterocycles. The first-order valence-corrected chi connectivity index (χ1v) is 8.54. The Morgan fingerprint density at radius 2 is 0.750 bits per heavy atom. The molecule has 1 N–H and O–H groups in total. The highest BCUT2D eigenvalue weighted by Gasteiger charge is 2.24. The summed E-state index contributed by atoms with van der Waals surface area (Å²) >= 11 is 0. The maximum absolute atomic E-state index is 7.00. The lowest BCUT2D eigenvalue weighted by Crippen LogP contribution is -3.00. The third-order valence-electron chi connectivity index (χ3n) is 3.94. The number of hydrogen-bond acceptors (Lipinski definition) is 1. The first kappa shape index (κ1) is 25.4. The average Bonchev–Trinajstić information content (AvgIpc) is 2.48. The highest BCUT2D eigenvalue weighted by Crippen LogP contribution is 2.16. The van der Waals surface area contributed by atoms with Crippen molar-refractivity contribution < 1.29 is 26.6 Å². The summed E-state index contributed by atoms with van der Waals surface area (Å²) < 4.78 is 1.42. The van der Waals surface area contributed by atoms with Crippen LogP contribution in [0.2, 0.25) is 0 Å². The molecule has 3 heteroatoms. The van der Waals surface area contributed by atoms with E-state index in [-0.39, 0.29) is 17.0 Å². The molecule has 0 aromatic rings. The van der Waals surface area contributed by atoms with E-state index in [0.717, 1.165) is 7.11 Å². The van der Waals surface area contributed by atoms with Gasteiger partial charge in [-0.1, -0.05) is 53.4 Å². The molecule has 0 rings (SSSR count). The number of halogens is 1. The van der Waals surface area contributed by atoms with E-state index in [2.05, 4.69) is 27.7 Å². The zero-order valence-corrected chi connectivity index (χ0v) is 16.3. The molecule has 0 aliphatic carbocycles. The molecule has 0 atom stereocenters. The first-order valence-electron chi connectivity index (χ1n) is 8.54. The van der Waals surface area contributed by atoms with Gasteiger partial charge in [-0.2, -0.15) is 0 Å². The molecule has 0 aliphatic heterocycles. The minimum absolute atomic E-state index is 0. The largest absolute Gasteiger partial charge is 1.00 e. The van der Waals surface area contributed by atoms with Crippen LogP contribution in [0.15, 0.2) is 0 Å². The zero-order valence-electron chi connectivity index (χ0n) is 14.8. The summed E-state index contributed by atoms with van der Waals surface area (Å²) in [5.41, 5.74) is 0. The summed E-state index contributed by atoms with van der Waals surface area (Å²) in [4.78, 5) is 0. The van der Waals surface area contributed by atoms with Gasteiger partial charge >= 0.3 is 0 Å². The van der Waals surface area contributed by atoms with Crippen molar-refractivity contribution in [3.63, 3.8) is 0 Å². The molecular formula is C17H40BrNO. The molecule has 0 saturated carbocycles. The van der Waals surface area contributed by atoms with Crippen LogP contribution in [0.25, 0.3) is 0 Å². The molecule has 2 nitrogen and oxygen atoms in total. The van der Waals surface area contributed by atoms with Gasteiger partial charge in [0.05, 0.1) is 26.2 Å². The maximum atomic E-state index is 7.00. The molecule has 0 aliphatic rings. The Hall–Kier alpha value is 0.400. The Bertz CT molecular complexity index is 128. The Kier molecular flexibility index (Phi) is 24.6. The lowest BCUT2D eigenvalue weighted by molar-refractivity contribution is -0.929. The van der Waals surface area contributed by atoms with Gasteiger partial charge in [0.15, 0.2) is 0 Å². The molecule has 20 heavy (non-hydrogen) atoms. The topological polar surface area (TPSA) is 20.2 Å². The van der Waals surface area contributed by atoms with E-state index < -0.39 is 0 Å². The van der Waals surface area contributed by atoms with Gasteiger partial charge in [0.2, 0.25) is 0 Å². The lowest BCUT2D eigenvalue weighted by atomic mass is 10.1. The van der Waals surface area contributed by atoms with E-state index >= 15 is 0 Å². The van der Waals surface area contributed by atoms with Gasteiger partial charge in [-0.3, -0.25) is 0 Å². The summed E-state index contributed by atoms with van der Waals surface area (Å²) in [5, 5.41) is 7.00. The van der Waals surface area contributed by atoms with Crippen LogP contribution in [-0.2, 0) is 0 Å². The van der Waals surface area contributed by atoms with Crippen LogP contribution in [0, 0.1) is 0 Å². The number of nitrogens with zero attached hydrogens (tertiary/aromatic N) is 1. The quantitative estimate of drug-likeness (QED) is 0.528. The normalized spacial score (nSPS) is 10.5. The summed E-state index contributed by atoms with van der Waals surface area (Å²) in [6.45, 7) is 15.0. The third kappa shape index (κ3) is 13.4. The molecule has 0 spiro atoms. The van der Waals surface area contributed by atoms with Gasteiger partial charge < -0.3 is 26.6 Å². The predicted octanol–water partition coefficient (Wildman–Crippen LogP) is 1.62. The Morgan fingerprint density at radius 3 is 0.900 bits per heavy atom. The van der Waals surface area contributed by atoms with Gasteiger partial charge in [-0.05, 0) is 25.7 Å². The minimum Gasteiger partial charge on any atom is -1.00 e. The summed E-state index contributed by atoms with van der Waals surface area (Å²) in [6, 6.07) is 0. The average molecular weight is 354 g/mol. The minimum atomic E-state index is 0. The Labute approximate surface area is 139 Å². The fraction of sp³-hybridized carbons (Fsp3) is 1.00. The molecule has 0 unspecified atom stereocenters. The Morgan fingerprint density at radius 1 is 0.550 bits per heavy atom. The molecule has 0 bridgehead atoms. The Balaban J connectivity index is -0.000000916. The van der Waals surface area contributed by atoms with Gasteiger partial charge in [0.25, 0.3) is 0 Å². The van der Waals surface area contributed by atoms with Crippen molar-refractivity contribution in [2.45, 2.75) is 79.1 Å². The van der Waals surface area contributed by atoms with Crippen LogP contribution < -0.4 is 17.0 Å². The third-order valence-corrected chi connectivity index (χ3v) is 3.94. The number of aliphatic hydroxyl groups is 1. The summed E-state index contributed by atoms with van der Waals surface area (Å²) in [7, 11) is 1.00. The van der Waals surface area contributed by atoms with Crippen LogP contribution >= 0.6 is 0 Å². The van der Waals surface area contributed by atoms with Crippen molar-refractivity contribution in [1.82, 2.24) is 0 Å². The second-order valence-electron chi connectivity index (χ2n) is 5.65. The molecule has 126 valence electrons. The number of unbranched alkanes of at least 4 members (excludes halogenated alkanes) is 4. The molecule has 0 aromatic carbocycles. The van der Waals surface area contributed by atoms with Gasteiger partial charge in [0.1, 0.15) is 0 Å². The molecule has 0 amide bonds. The molecule has 0 fully saturated rings. The van der Waals surface area contributed by atoms with E-state index in [1.165, 1.54) is 82.0 Å². The van der Waals surface area contributed by atoms with Crippen molar-refractivity contribution in [1.29, 1.82) is 0 Å². The van der Waals surface area contributed by atoms with Crippen LogP contribution in [-0.4, -0.2) is 42.9 Å². The van der Waals surface area contributed by atoms with Crippen LogP contribution in [0.5, 0.6) is 0 Å². The van der Waals surface area contributed by atoms with Gasteiger partial charge in [0, 0.05) is 7.11 Å². The number of rotatable bonds is 12.